The van der Waals surface area contributed by atoms with Gasteiger partial charge >= 0.3 is 36.2 Å². The van der Waals surface area contributed by atoms with Crippen molar-refractivity contribution in [1.29, 1.82) is 0 Å². The van der Waals surface area contributed by atoms with Crippen molar-refractivity contribution in [2.45, 2.75) is 18.1 Å². The molecule has 3 aromatic rings. The highest BCUT2D eigenvalue weighted by atomic mass is 35.5. The molecule has 1 saturated heterocycles. The number of esters is 3. The molecule has 0 bridgehead atoms. The minimum atomic E-state index is -1.77. The average Bonchev–Trinajstić information content (AvgIpc) is 3.00. The molecule has 0 aliphatic carbocycles. The second kappa shape index (κ2) is 18.2. The van der Waals surface area contributed by atoms with Gasteiger partial charge in [-0.3, -0.25) is 0 Å². The van der Waals surface area contributed by atoms with E-state index in [0.29, 0.717) is 0 Å². The van der Waals surface area contributed by atoms with Crippen LogP contribution in [0.25, 0.3) is 0 Å². The van der Waals surface area contributed by atoms with E-state index in [1.807, 2.05) is 0 Å². The molecule has 0 saturated carbocycles. The molecule has 3 N–H and O–H groups in total. The molecule has 21 heteroatoms. The molecule has 3 aromatic carbocycles. The summed E-state index contributed by atoms with van der Waals surface area (Å²) in [6, 6.07) is 6.29. The van der Waals surface area contributed by atoms with Gasteiger partial charge in [-0.1, -0.05) is 69.6 Å². The fourth-order valence-corrected chi connectivity index (χ4v) is 5.42. The molecule has 0 spiro atoms. The summed E-state index contributed by atoms with van der Waals surface area (Å²) < 4.78 is 30.7. The Kier molecular flexibility index (Phi) is 14.1. The lowest BCUT2D eigenvalue weighted by molar-refractivity contribution is -0.160. The zero-order valence-corrected chi connectivity index (χ0v) is 29.8. The van der Waals surface area contributed by atoms with Crippen molar-refractivity contribution in [2.75, 3.05) is 19.8 Å². The van der Waals surface area contributed by atoms with E-state index in [2.05, 4.69) is 16.0 Å². The van der Waals surface area contributed by atoms with Crippen LogP contribution in [-0.4, -0.2) is 74.1 Å². The molecule has 1 fully saturated rings. The molecular formula is C30H21Cl6N3O12. The first-order valence-corrected chi connectivity index (χ1v) is 16.2. The van der Waals surface area contributed by atoms with Gasteiger partial charge in [-0.05, 0) is 54.6 Å². The average molecular weight is 828 g/mol. The van der Waals surface area contributed by atoms with Crippen molar-refractivity contribution in [3.8, 4) is 17.2 Å². The molecule has 270 valence electrons. The van der Waals surface area contributed by atoms with Gasteiger partial charge in [-0.15, -0.1) is 0 Å². The quantitative estimate of drug-likeness (QED) is 0.194. The molecule has 3 unspecified atom stereocenters. The number of halogens is 6. The van der Waals surface area contributed by atoms with E-state index < -0.39 is 74.1 Å². The van der Waals surface area contributed by atoms with Crippen LogP contribution in [0.5, 0.6) is 17.2 Å². The van der Waals surface area contributed by atoms with Crippen LogP contribution in [0.15, 0.2) is 54.6 Å². The number of carbonyl (C=O) groups excluding carboxylic acids is 6. The third kappa shape index (κ3) is 12.7. The zero-order chi connectivity index (χ0) is 37.2. The van der Waals surface area contributed by atoms with E-state index >= 15 is 0 Å². The molecule has 15 nitrogen and oxygen atoms in total. The van der Waals surface area contributed by atoms with Crippen molar-refractivity contribution < 1.29 is 57.2 Å². The first kappa shape index (κ1) is 39.4. The van der Waals surface area contributed by atoms with E-state index in [9.17, 15) is 28.8 Å². The van der Waals surface area contributed by atoms with Gasteiger partial charge in [0, 0.05) is 30.1 Å². The van der Waals surface area contributed by atoms with Gasteiger partial charge in [-0.2, -0.15) is 0 Å². The lowest BCUT2D eigenvalue weighted by atomic mass is 10.2. The van der Waals surface area contributed by atoms with Gasteiger partial charge in [0.05, 0.1) is 0 Å². The molecule has 1 heterocycles. The first-order chi connectivity index (χ1) is 24.1. The third-order valence-corrected chi connectivity index (χ3v) is 7.36. The number of cyclic esters (lactones) is 3. The van der Waals surface area contributed by atoms with Crippen molar-refractivity contribution in [3.63, 3.8) is 0 Å². The van der Waals surface area contributed by atoms with Crippen LogP contribution in [0.4, 0.5) is 14.4 Å². The van der Waals surface area contributed by atoms with Crippen LogP contribution < -0.4 is 30.2 Å². The van der Waals surface area contributed by atoms with Crippen molar-refractivity contribution in [1.82, 2.24) is 16.0 Å². The van der Waals surface area contributed by atoms with E-state index in [-0.39, 0.29) is 47.4 Å². The number of rotatable bonds is 6. The molecule has 0 aromatic heterocycles. The van der Waals surface area contributed by atoms with E-state index in [1.165, 1.54) is 54.6 Å². The van der Waals surface area contributed by atoms with Gasteiger partial charge in [-0.25, -0.2) is 28.8 Å². The maximum atomic E-state index is 13.1. The minimum Gasteiger partial charge on any atom is -0.461 e. The van der Waals surface area contributed by atoms with Gasteiger partial charge in [0.15, 0.2) is 18.1 Å². The smallest absolute Gasteiger partial charge is 0.413 e. The highest BCUT2D eigenvalue weighted by molar-refractivity contribution is 6.36. The summed E-state index contributed by atoms with van der Waals surface area (Å²) in [5.74, 6) is -4.13. The number of ether oxygens (including phenoxy) is 6. The predicted octanol–water partition coefficient (Wildman–Crippen LogP) is 6.02. The standard InChI is InChI=1S/C30H21Cl6N3O12/c31-13-1-14(32)5-19(4-13)49-28(43)37-22-10-46-26(41)24(39-30(45)51-21-8-17(35)3-18(36)9-21)12-48-27(42)23(11-47-25(22)40)38-29(44)50-20-6-15(33)2-16(34)7-20/h1-9,22-24H,10-12H2,(H,37,43)(H,38,44)(H,39,45). The summed E-state index contributed by atoms with van der Waals surface area (Å²) >= 11 is 35.6. The number of hydrogen-bond donors (Lipinski definition) is 3. The maximum Gasteiger partial charge on any atom is 0.413 e. The topological polar surface area (TPSA) is 194 Å². The Bertz CT molecular complexity index is 1580. The number of amides is 3. The SMILES string of the molecule is O=C(NC1COC(=O)C(NC(=O)Oc2cc(Cl)cc(Cl)c2)COC(=O)C(NC(=O)Oc2cc(Cl)cc(Cl)c2)COC1=O)Oc1cc(Cl)cc(Cl)c1. The third-order valence-electron chi connectivity index (χ3n) is 6.05. The van der Waals surface area contributed by atoms with E-state index in [0.717, 1.165) is 0 Å². The summed E-state index contributed by atoms with van der Waals surface area (Å²) in [6.07, 6.45) is -3.72. The molecule has 1 aliphatic heterocycles. The first-order valence-electron chi connectivity index (χ1n) is 14.0. The summed E-state index contributed by atoms with van der Waals surface area (Å²) in [7, 11) is 0. The predicted molar refractivity (Wildman–Crippen MR) is 181 cm³/mol. The fraction of sp³-hybridized carbons (Fsp3) is 0.200. The summed E-state index contributed by atoms with van der Waals surface area (Å²) in [5, 5.41) is 7.21. The largest absolute Gasteiger partial charge is 0.461 e. The van der Waals surface area contributed by atoms with Crippen LogP contribution in [0.2, 0.25) is 30.1 Å². The Morgan fingerprint density at radius 1 is 0.451 bits per heavy atom. The Labute approximate surface area is 317 Å². The van der Waals surface area contributed by atoms with Crippen molar-refractivity contribution in [2.24, 2.45) is 0 Å². The summed E-state index contributed by atoms with van der Waals surface area (Å²) in [4.78, 5) is 77.4. The minimum absolute atomic E-state index is 0.112. The Hall–Kier alpha value is -4.38. The second-order valence-electron chi connectivity index (χ2n) is 9.96. The fourth-order valence-electron chi connectivity index (χ4n) is 3.90. The van der Waals surface area contributed by atoms with E-state index in [1.54, 1.807) is 0 Å². The Morgan fingerprint density at radius 3 is 0.882 bits per heavy atom. The van der Waals surface area contributed by atoms with Crippen LogP contribution in [0, 0.1) is 0 Å². The van der Waals surface area contributed by atoms with Crippen molar-refractivity contribution >= 4 is 106 Å². The number of benzene rings is 3. The molecule has 3 atom stereocenters. The van der Waals surface area contributed by atoms with Crippen LogP contribution in [0.1, 0.15) is 0 Å². The van der Waals surface area contributed by atoms with Gasteiger partial charge in [0.2, 0.25) is 0 Å². The van der Waals surface area contributed by atoms with Crippen molar-refractivity contribution in [3.05, 3.63) is 84.7 Å². The van der Waals surface area contributed by atoms with Crippen LogP contribution in [0.3, 0.4) is 0 Å². The highest BCUT2D eigenvalue weighted by Crippen LogP contribution is 2.26. The molecule has 51 heavy (non-hydrogen) atoms. The number of nitrogens with one attached hydrogen (secondary N) is 3. The molecule has 1 aliphatic rings. The normalized spacial score (nSPS) is 18.0. The lowest BCUT2D eigenvalue weighted by Gasteiger charge is -2.24. The maximum absolute atomic E-state index is 13.1. The number of hydrogen-bond acceptors (Lipinski definition) is 12. The Balaban J connectivity index is 1.53. The molecule has 4 rings (SSSR count). The Morgan fingerprint density at radius 2 is 0.667 bits per heavy atom. The highest BCUT2D eigenvalue weighted by Gasteiger charge is 2.34. The number of carbonyl (C=O) groups is 6. The lowest BCUT2D eigenvalue weighted by Crippen LogP contribution is -2.53. The molecule has 0 radical (unpaired) electrons. The summed E-state index contributed by atoms with van der Waals surface area (Å²) in [6.45, 7) is -2.66. The van der Waals surface area contributed by atoms with Gasteiger partial charge in [0.1, 0.15) is 37.1 Å². The molecular weight excluding hydrogens is 807 g/mol. The van der Waals surface area contributed by atoms with E-state index in [4.69, 9.17) is 98.0 Å². The van der Waals surface area contributed by atoms with Crippen LogP contribution >= 0.6 is 69.6 Å². The monoisotopic (exact) mass is 825 g/mol. The van der Waals surface area contributed by atoms with Crippen LogP contribution in [-0.2, 0) is 28.6 Å². The zero-order valence-electron chi connectivity index (χ0n) is 25.2. The van der Waals surface area contributed by atoms with Gasteiger partial charge < -0.3 is 44.4 Å². The molecule has 3 amide bonds. The second-order valence-corrected chi connectivity index (χ2v) is 12.6. The summed E-state index contributed by atoms with van der Waals surface area (Å²) in [5.41, 5.74) is 0. The van der Waals surface area contributed by atoms with Gasteiger partial charge in [0.25, 0.3) is 0 Å².